The molecule has 36 heavy (non-hydrogen) atoms. The van der Waals surface area contributed by atoms with Gasteiger partial charge in [0.25, 0.3) is 5.91 Å². The molecule has 0 aliphatic carbocycles. The number of nitriles is 1. The Morgan fingerprint density at radius 1 is 0.778 bits per heavy atom. The zero-order chi connectivity index (χ0) is 25.2. The third-order valence-electron chi connectivity index (χ3n) is 5.24. The van der Waals surface area contributed by atoms with E-state index in [4.69, 9.17) is 9.47 Å². The van der Waals surface area contributed by atoms with Crippen molar-refractivity contribution in [2.45, 2.75) is 13.2 Å². The average molecular weight is 586 g/mol. The smallest absolute Gasteiger partial charge is 0.266 e. The minimum Gasteiger partial charge on any atom is -0.489 e. The van der Waals surface area contributed by atoms with Crippen LogP contribution in [0.25, 0.3) is 6.08 Å². The molecule has 0 fully saturated rings. The Bertz CT molecular complexity index is 1360. The van der Waals surface area contributed by atoms with Crippen molar-refractivity contribution in [2.75, 3.05) is 5.32 Å². The zero-order valence-corrected chi connectivity index (χ0v) is 21.5. The van der Waals surface area contributed by atoms with E-state index in [9.17, 15) is 10.1 Å². The number of amides is 1. The number of hydrogen-bond donors (Lipinski definition) is 1. The molecule has 0 aromatic heterocycles. The third-order valence-corrected chi connectivity index (χ3v) is 5.95. The van der Waals surface area contributed by atoms with Gasteiger partial charge < -0.3 is 14.8 Å². The summed E-state index contributed by atoms with van der Waals surface area (Å²) in [7, 11) is 0. The Kier molecular flexibility index (Phi) is 8.73. The molecule has 0 saturated heterocycles. The summed E-state index contributed by atoms with van der Waals surface area (Å²) in [4.78, 5) is 12.6. The van der Waals surface area contributed by atoms with Crippen LogP contribution in [-0.2, 0) is 18.0 Å². The number of anilines is 1. The quantitative estimate of drug-likeness (QED) is 0.130. The van der Waals surface area contributed by atoms with Crippen molar-refractivity contribution in [3.63, 3.8) is 0 Å². The van der Waals surface area contributed by atoms with Gasteiger partial charge in [-0.25, -0.2) is 0 Å². The van der Waals surface area contributed by atoms with Crippen LogP contribution in [0.4, 0.5) is 5.69 Å². The van der Waals surface area contributed by atoms with Crippen LogP contribution in [0.5, 0.6) is 11.5 Å². The summed E-state index contributed by atoms with van der Waals surface area (Å²) in [6.45, 7) is 0.928. The number of nitrogens with one attached hydrogen (secondary N) is 1. The highest BCUT2D eigenvalue weighted by atomic mass is 127. The monoisotopic (exact) mass is 586 g/mol. The van der Waals surface area contributed by atoms with Crippen molar-refractivity contribution in [3.8, 4) is 17.6 Å². The largest absolute Gasteiger partial charge is 0.489 e. The molecule has 5 nitrogen and oxygen atoms in total. The van der Waals surface area contributed by atoms with Gasteiger partial charge in [-0.3, -0.25) is 4.79 Å². The van der Waals surface area contributed by atoms with Gasteiger partial charge in [-0.05, 0) is 93.9 Å². The van der Waals surface area contributed by atoms with Gasteiger partial charge in [0, 0.05) is 9.26 Å². The zero-order valence-electron chi connectivity index (χ0n) is 19.4. The molecule has 1 amide bonds. The highest BCUT2D eigenvalue weighted by molar-refractivity contribution is 14.1. The van der Waals surface area contributed by atoms with Crippen LogP contribution < -0.4 is 14.8 Å². The van der Waals surface area contributed by atoms with E-state index in [2.05, 4.69) is 27.9 Å². The molecule has 4 rings (SSSR count). The van der Waals surface area contributed by atoms with Crippen molar-refractivity contribution in [1.29, 1.82) is 5.26 Å². The standard InChI is InChI=1S/C30H23IN2O3/c31-26-10-6-24(7-11-26)21-36-28-14-8-22(9-15-28)18-25(19-32)30(34)33-27-12-16-29(17-13-27)35-20-23-4-2-1-3-5-23/h1-18H,20-21H2,(H,33,34)/b25-18+. The number of carbonyl (C=O) groups excluding carboxylic acids is 1. The summed E-state index contributed by atoms with van der Waals surface area (Å²) in [5, 5.41) is 12.3. The second-order valence-corrected chi connectivity index (χ2v) is 9.15. The Labute approximate surface area is 224 Å². The van der Waals surface area contributed by atoms with Gasteiger partial charge in [-0.2, -0.15) is 5.26 Å². The predicted octanol–water partition coefficient (Wildman–Crippen LogP) is 6.99. The van der Waals surface area contributed by atoms with Crippen molar-refractivity contribution < 1.29 is 14.3 Å². The van der Waals surface area contributed by atoms with Gasteiger partial charge in [-0.1, -0.05) is 54.6 Å². The minimum absolute atomic E-state index is 0.00645. The molecule has 6 heteroatoms. The molecule has 0 heterocycles. The molecular weight excluding hydrogens is 563 g/mol. The summed E-state index contributed by atoms with van der Waals surface area (Å²) in [5.41, 5.74) is 3.47. The summed E-state index contributed by atoms with van der Waals surface area (Å²) in [6.07, 6.45) is 1.55. The van der Waals surface area contributed by atoms with E-state index in [-0.39, 0.29) is 5.57 Å². The Hall–Kier alpha value is -4.09. The first-order chi connectivity index (χ1) is 17.6. The highest BCUT2D eigenvalue weighted by Gasteiger charge is 2.10. The molecule has 4 aromatic rings. The Morgan fingerprint density at radius 2 is 1.33 bits per heavy atom. The molecule has 0 unspecified atom stereocenters. The lowest BCUT2D eigenvalue weighted by Gasteiger charge is -2.09. The minimum atomic E-state index is -0.477. The lowest BCUT2D eigenvalue weighted by atomic mass is 10.1. The lowest BCUT2D eigenvalue weighted by Crippen LogP contribution is -2.13. The van der Waals surface area contributed by atoms with Gasteiger partial charge in [0.05, 0.1) is 0 Å². The highest BCUT2D eigenvalue weighted by Crippen LogP contribution is 2.20. The molecule has 0 saturated carbocycles. The summed E-state index contributed by atoms with van der Waals surface area (Å²) >= 11 is 2.27. The van der Waals surface area contributed by atoms with Gasteiger partial charge >= 0.3 is 0 Å². The fraction of sp³-hybridized carbons (Fsp3) is 0.0667. The fourth-order valence-corrected chi connectivity index (χ4v) is 3.66. The van der Waals surface area contributed by atoms with Gasteiger partial charge in [-0.15, -0.1) is 0 Å². The lowest BCUT2D eigenvalue weighted by molar-refractivity contribution is -0.112. The van der Waals surface area contributed by atoms with Crippen LogP contribution in [0, 0.1) is 14.9 Å². The Balaban J connectivity index is 1.31. The van der Waals surface area contributed by atoms with E-state index in [0.717, 1.165) is 16.7 Å². The molecule has 178 valence electrons. The van der Waals surface area contributed by atoms with Gasteiger partial charge in [0.15, 0.2) is 0 Å². The van der Waals surface area contributed by atoms with Crippen LogP contribution in [0.15, 0.2) is 109 Å². The first-order valence-corrected chi connectivity index (χ1v) is 12.3. The van der Waals surface area contributed by atoms with Crippen LogP contribution in [0.1, 0.15) is 16.7 Å². The molecule has 1 N–H and O–H groups in total. The molecule has 4 aromatic carbocycles. The topological polar surface area (TPSA) is 71.3 Å². The first kappa shape index (κ1) is 25.0. The summed E-state index contributed by atoms with van der Waals surface area (Å²) < 4.78 is 12.8. The summed E-state index contributed by atoms with van der Waals surface area (Å²) in [5.74, 6) is 0.926. The van der Waals surface area contributed by atoms with E-state index in [1.54, 1.807) is 30.3 Å². The molecule has 0 aliphatic rings. The molecular formula is C30H23IN2O3. The Morgan fingerprint density at radius 3 is 1.92 bits per heavy atom. The van der Waals surface area contributed by atoms with E-state index < -0.39 is 5.91 Å². The van der Waals surface area contributed by atoms with E-state index in [1.165, 1.54) is 3.57 Å². The van der Waals surface area contributed by atoms with Crippen LogP contribution in [0.2, 0.25) is 0 Å². The fourth-order valence-electron chi connectivity index (χ4n) is 3.30. The third kappa shape index (κ3) is 7.45. The molecule has 0 aliphatic heterocycles. The second-order valence-electron chi connectivity index (χ2n) is 7.91. The molecule has 0 bridgehead atoms. The van der Waals surface area contributed by atoms with Gasteiger partial charge in [0.2, 0.25) is 0 Å². The molecule has 0 radical (unpaired) electrons. The maximum absolute atomic E-state index is 12.6. The number of ether oxygens (including phenoxy) is 2. The number of rotatable bonds is 9. The SMILES string of the molecule is N#C/C(=C\c1ccc(OCc2ccc(I)cc2)cc1)C(=O)Nc1ccc(OCc2ccccc2)cc1. The average Bonchev–Trinajstić information content (AvgIpc) is 2.92. The van der Waals surface area contributed by atoms with E-state index >= 15 is 0 Å². The van der Waals surface area contributed by atoms with Crippen LogP contribution in [-0.4, -0.2) is 5.91 Å². The number of nitrogens with zero attached hydrogens (tertiary/aromatic N) is 1. The first-order valence-electron chi connectivity index (χ1n) is 11.3. The maximum Gasteiger partial charge on any atom is 0.266 e. The van der Waals surface area contributed by atoms with Crippen LogP contribution >= 0.6 is 22.6 Å². The number of carbonyl (C=O) groups is 1. The van der Waals surface area contributed by atoms with E-state index in [1.807, 2.05) is 84.9 Å². The predicted molar refractivity (Wildman–Crippen MR) is 149 cm³/mol. The van der Waals surface area contributed by atoms with Crippen molar-refractivity contribution in [1.82, 2.24) is 0 Å². The molecule has 0 spiro atoms. The number of hydrogen-bond acceptors (Lipinski definition) is 4. The second kappa shape index (κ2) is 12.6. The van der Waals surface area contributed by atoms with Gasteiger partial charge in [0.1, 0.15) is 36.4 Å². The van der Waals surface area contributed by atoms with Crippen LogP contribution in [0.3, 0.4) is 0 Å². The number of benzene rings is 4. The number of halogens is 1. The normalized spacial score (nSPS) is 10.8. The molecule has 0 atom stereocenters. The van der Waals surface area contributed by atoms with Crippen molar-refractivity contribution >= 4 is 40.3 Å². The van der Waals surface area contributed by atoms with E-state index in [0.29, 0.717) is 30.4 Å². The van der Waals surface area contributed by atoms with Crippen molar-refractivity contribution in [3.05, 3.63) is 129 Å². The summed E-state index contributed by atoms with van der Waals surface area (Å²) in [6, 6.07) is 34.3. The maximum atomic E-state index is 12.6. The van der Waals surface area contributed by atoms with Crippen molar-refractivity contribution in [2.24, 2.45) is 0 Å².